The minimum atomic E-state index is -0.530. The molecule has 0 fully saturated rings. The first-order valence-electron chi connectivity index (χ1n) is 7.40. The van der Waals surface area contributed by atoms with E-state index in [2.05, 4.69) is 30.4 Å². The van der Waals surface area contributed by atoms with E-state index in [1.54, 1.807) is 0 Å². The number of benzene rings is 2. The molecule has 1 heterocycles. The first-order valence-corrected chi connectivity index (χ1v) is 7.40. The zero-order valence-corrected chi connectivity index (χ0v) is 12.1. The van der Waals surface area contributed by atoms with Gasteiger partial charge in [-0.15, -0.1) is 0 Å². The van der Waals surface area contributed by atoms with E-state index >= 15 is 0 Å². The highest BCUT2D eigenvalue weighted by atomic mass is 19.1. The summed E-state index contributed by atoms with van der Waals surface area (Å²) in [5.41, 5.74) is 4.33. The molecular formula is C18H19F2N. The van der Waals surface area contributed by atoms with Crippen molar-refractivity contribution in [3.63, 3.8) is 0 Å². The predicted octanol–water partition coefficient (Wildman–Crippen LogP) is 3.80. The summed E-state index contributed by atoms with van der Waals surface area (Å²) in [4.78, 5) is 0. The molecule has 0 spiro atoms. The molecular weight excluding hydrogens is 268 g/mol. The van der Waals surface area contributed by atoms with E-state index in [1.165, 1.54) is 23.3 Å². The Kier molecular flexibility index (Phi) is 4.02. The van der Waals surface area contributed by atoms with Gasteiger partial charge in [0.2, 0.25) is 0 Å². The van der Waals surface area contributed by atoms with Crippen molar-refractivity contribution in [2.45, 2.75) is 25.7 Å². The summed E-state index contributed by atoms with van der Waals surface area (Å²) < 4.78 is 26.7. The number of halogens is 2. The average Bonchev–Trinajstić information content (AvgIpc) is 2.64. The molecule has 0 radical (unpaired) electrons. The summed E-state index contributed by atoms with van der Waals surface area (Å²) in [5.74, 6) is -0.543. The van der Waals surface area contributed by atoms with Crippen molar-refractivity contribution >= 4 is 0 Å². The van der Waals surface area contributed by atoms with Crippen LogP contribution in [0.15, 0.2) is 36.4 Å². The maximum atomic E-state index is 13.8. The molecule has 21 heavy (non-hydrogen) atoms. The SMILES string of the molecule is C[C@@H]1CNCCc2ccc(Cc3ccc(F)cc3F)cc21. The van der Waals surface area contributed by atoms with Crippen LogP contribution in [0.4, 0.5) is 8.78 Å². The van der Waals surface area contributed by atoms with Crippen LogP contribution in [0.2, 0.25) is 0 Å². The van der Waals surface area contributed by atoms with E-state index in [-0.39, 0.29) is 0 Å². The van der Waals surface area contributed by atoms with E-state index < -0.39 is 11.6 Å². The fourth-order valence-corrected chi connectivity index (χ4v) is 2.98. The smallest absolute Gasteiger partial charge is 0.129 e. The molecule has 1 nitrogen and oxygen atoms in total. The van der Waals surface area contributed by atoms with Crippen LogP contribution < -0.4 is 5.32 Å². The van der Waals surface area contributed by atoms with Crippen molar-refractivity contribution in [1.29, 1.82) is 0 Å². The molecule has 110 valence electrons. The molecule has 0 saturated carbocycles. The molecule has 0 aromatic heterocycles. The molecule has 0 bridgehead atoms. The lowest BCUT2D eigenvalue weighted by atomic mass is 9.91. The van der Waals surface area contributed by atoms with Crippen molar-refractivity contribution in [1.82, 2.24) is 5.32 Å². The van der Waals surface area contributed by atoms with E-state index in [0.717, 1.165) is 31.1 Å². The normalized spacial score (nSPS) is 18.1. The number of rotatable bonds is 2. The number of fused-ring (bicyclic) bond motifs is 1. The standard InChI is InChI=1S/C18H19F2N/c1-12-11-21-7-6-14-3-2-13(9-17(12)14)8-15-4-5-16(19)10-18(15)20/h2-5,9-10,12,21H,6-8,11H2,1H3/t12-/m1/s1. The molecule has 1 aliphatic rings. The van der Waals surface area contributed by atoms with Gasteiger partial charge in [0.1, 0.15) is 11.6 Å². The third-order valence-electron chi connectivity index (χ3n) is 4.17. The first kappa shape index (κ1) is 14.2. The minimum Gasteiger partial charge on any atom is -0.316 e. The largest absolute Gasteiger partial charge is 0.316 e. The Morgan fingerprint density at radius 1 is 1.14 bits per heavy atom. The van der Waals surface area contributed by atoms with Gasteiger partial charge in [0, 0.05) is 19.0 Å². The number of hydrogen-bond donors (Lipinski definition) is 1. The van der Waals surface area contributed by atoms with Gasteiger partial charge < -0.3 is 5.32 Å². The van der Waals surface area contributed by atoms with Gasteiger partial charge in [-0.05, 0) is 47.2 Å². The van der Waals surface area contributed by atoms with Gasteiger partial charge in [0.25, 0.3) is 0 Å². The van der Waals surface area contributed by atoms with Crippen molar-refractivity contribution in [3.05, 3.63) is 70.3 Å². The highest BCUT2D eigenvalue weighted by Gasteiger charge is 2.15. The lowest BCUT2D eigenvalue weighted by molar-refractivity contribution is 0.574. The molecule has 2 aromatic carbocycles. The molecule has 0 amide bonds. The first-order chi connectivity index (χ1) is 10.1. The minimum absolute atomic E-state index is 0.459. The second-order valence-corrected chi connectivity index (χ2v) is 5.80. The second kappa shape index (κ2) is 5.94. The van der Waals surface area contributed by atoms with Crippen LogP contribution in [0.5, 0.6) is 0 Å². The lowest BCUT2D eigenvalue weighted by Gasteiger charge is -2.14. The van der Waals surface area contributed by atoms with Gasteiger partial charge in [-0.25, -0.2) is 8.78 Å². The summed E-state index contributed by atoms with van der Waals surface area (Å²) in [6.45, 7) is 4.18. The lowest BCUT2D eigenvalue weighted by Crippen LogP contribution is -2.18. The summed E-state index contributed by atoms with van der Waals surface area (Å²) in [7, 11) is 0. The molecule has 1 atom stereocenters. The number of hydrogen-bond acceptors (Lipinski definition) is 1. The Labute approximate surface area is 124 Å². The predicted molar refractivity (Wildman–Crippen MR) is 80.6 cm³/mol. The molecule has 0 unspecified atom stereocenters. The molecule has 0 aliphatic carbocycles. The fraction of sp³-hybridized carbons (Fsp3) is 0.333. The fourth-order valence-electron chi connectivity index (χ4n) is 2.98. The van der Waals surface area contributed by atoms with Crippen LogP contribution in [-0.2, 0) is 12.8 Å². The van der Waals surface area contributed by atoms with Crippen molar-refractivity contribution < 1.29 is 8.78 Å². The molecule has 1 aliphatic heterocycles. The van der Waals surface area contributed by atoms with Crippen LogP contribution in [0.3, 0.4) is 0 Å². The molecule has 0 saturated heterocycles. The second-order valence-electron chi connectivity index (χ2n) is 5.80. The van der Waals surface area contributed by atoms with Crippen LogP contribution in [0.1, 0.15) is 35.1 Å². The Balaban J connectivity index is 1.89. The average molecular weight is 287 g/mol. The Morgan fingerprint density at radius 2 is 2.00 bits per heavy atom. The molecule has 2 aromatic rings. The highest BCUT2D eigenvalue weighted by Crippen LogP contribution is 2.25. The molecule has 3 rings (SSSR count). The van der Waals surface area contributed by atoms with Crippen LogP contribution in [-0.4, -0.2) is 13.1 Å². The monoisotopic (exact) mass is 287 g/mol. The van der Waals surface area contributed by atoms with Gasteiger partial charge in [-0.2, -0.15) is 0 Å². The van der Waals surface area contributed by atoms with Gasteiger partial charge in [0.15, 0.2) is 0 Å². The van der Waals surface area contributed by atoms with E-state index in [1.807, 2.05) is 0 Å². The highest BCUT2D eigenvalue weighted by molar-refractivity contribution is 5.38. The Bertz CT molecular complexity index is 652. The van der Waals surface area contributed by atoms with E-state index in [0.29, 0.717) is 17.9 Å². The van der Waals surface area contributed by atoms with Gasteiger partial charge in [-0.1, -0.05) is 31.2 Å². The Morgan fingerprint density at radius 3 is 2.81 bits per heavy atom. The van der Waals surface area contributed by atoms with E-state index in [9.17, 15) is 8.78 Å². The van der Waals surface area contributed by atoms with Gasteiger partial charge >= 0.3 is 0 Å². The van der Waals surface area contributed by atoms with Gasteiger partial charge in [-0.3, -0.25) is 0 Å². The third-order valence-corrected chi connectivity index (χ3v) is 4.17. The maximum Gasteiger partial charge on any atom is 0.129 e. The van der Waals surface area contributed by atoms with Crippen molar-refractivity contribution in [2.75, 3.05) is 13.1 Å². The van der Waals surface area contributed by atoms with Crippen molar-refractivity contribution in [2.24, 2.45) is 0 Å². The van der Waals surface area contributed by atoms with Crippen LogP contribution >= 0.6 is 0 Å². The number of nitrogens with one attached hydrogen (secondary N) is 1. The summed E-state index contributed by atoms with van der Waals surface area (Å²) >= 11 is 0. The zero-order valence-electron chi connectivity index (χ0n) is 12.1. The topological polar surface area (TPSA) is 12.0 Å². The third kappa shape index (κ3) is 3.13. The Hall–Kier alpha value is -1.74. The zero-order chi connectivity index (χ0) is 14.8. The maximum absolute atomic E-state index is 13.8. The summed E-state index contributed by atoms with van der Waals surface area (Å²) in [6, 6.07) is 10.2. The van der Waals surface area contributed by atoms with Crippen molar-refractivity contribution in [3.8, 4) is 0 Å². The van der Waals surface area contributed by atoms with Gasteiger partial charge in [0.05, 0.1) is 0 Å². The quantitative estimate of drug-likeness (QED) is 0.886. The molecule has 1 N–H and O–H groups in total. The molecule has 3 heteroatoms. The van der Waals surface area contributed by atoms with Crippen LogP contribution in [0.25, 0.3) is 0 Å². The van der Waals surface area contributed by atoms with Crippen LogP contribution in [0, 0.1) is 11.6 Å². The summed E-state index contributed by atoms with van der Waals surface area (Å²) in [6.07, 6.45) is 1.53. The summed E-state index contributed by atoms with van der Waals surface area (Å²) in [5, 5.41) is 3.43. The van der Waals surface area contributed by atoms with E-state index in [4.69, 9.17) is 0 Å².